The summed E-state index contributed by atoms with van der Waals surface area (Å²) in [5.74, 6) is 0.141. The number of hydrogen-bond donors (Lipinski definition) is 2. The molecule has 4 heteroatoms. The molecule has 0 saturated carbocycles. The molecule has 1 rings (SSSR count). The van der Waals surface area contributed by atoms with Gasteiger partial charge in [0.2, 0.25) is 5.91 Å². The minimum Gasteiger partial charge on any atom is -0.354 e. The maximum atomic E-state index is 11.8. The van der Waals surface area contributed by atoms with Gasteiger partial charge >= 0.3 is 0 Å². The van der Waals surface area contributed by atoms with Gasteiger partial charge in [0.1, 0.15) is 0 Å². The van der Waals surface area contributed by atoms with Crippen LogP contribution in [0.4, 0.5) is 0 Å². The topological polar surface area (TPSA) is 58.4 Å². The Morgan fingerprint density at radius 3 is 2.53 bits per heavy atom. The van der Waals surface area contributed by atoms with E-state index in [1.54, 1.807) is 0 Å². The highest BCUT2D eigenvalue weighted by Gasteiger charge is 2.20. The van der Waals surface area contributed by atoms with Gasteiger partial charge in [-0.15, -0.1) is 0 Å². The number of carbonyl (C=O) groups is 1. The summed E-state index contributed by atoms with van der Waals surface area (Å²) < 4.78 is 0. The highest BCUT2D eigenvalue weighted by molar-refractivity contribution is 5.78. The predicted octanol–water partition coefficient (Wildman–Crippen LogP) is 0.962. The maximum Gasteiger partial charge on any atom is 0.234 e. The molecule has 1 fully saturated rings. The lowest BCUT2D eigenvalue weighted by Crippen LogP contribution is -2.45. The standard InChI is InChI=1S/C13H27N3O/c1-4-13(2,3)10-15-12(17)9-16-7-5-11(14)6-8-16/h11H,4-10,14H2,1-3H3,(H,15,17). The fourth-order valence-electron chi connectivity index (χ4n) is 1.83. The summed E-state index contributed by atoms with van der Waals surface area (Å²) in [6, 6.07) is 0.327. The van der Waals surface area contributed by atoms with E-state index in [0.717, 1.165) is 38.9 Å². The first kappa shape index (κ1) is 14.5. The van der Waals surface area contributed by atoms with E-state index < -0.39 is 0 Å². The van der Waals surface area contributed by atoms with Crippen molar-refractivity contribution >= 4 is 5.91 Å². The fraction of sp³-hybridized carbons (Fsp3) is 0.923. The van der Waals surface area contributed by atoms with Crippen LogP contribution in [0.5, 0.6) is 0 Å². The van der Waals surface area contributed by atoms with Crippen LogP contribution in [0.25, 0.3) is 0 Å². The zero-order chi connectivity index (χ0) is 12.9. The van der Waals surface area contributed by atoms with E-state index in [9.17, 15) is 4.79 Å². The van der Waals surface area contributed by atoms with Crippen molar-refractivity contribution in [2.75, 3.05) is 26.2 Å². The second-order valence-corrected chi connectivity index (χ2v) is 5.91. The lowest BCUT2D eigenvalue weighted by atomic mass is 9.90. The Labute approximate surface area is 105 Å². The number of amides is 1. The van der Waals surface area contributed by atoms with Crippen molar-refractivity contribution in [2.45, 2.75) is 46.1 Å². The third-order valence-corrected chi connectivity index (χ3v) is 3.72. The van der Waals surface area contributed by atoms with Gasteiger partial charge in [-0.25, -0.2) is 0 Å². The van der Waals surface area contributed by atoms with E-state index in [0.29, 0.717) is 12.6 Å². The Kier molecular flexibility index (Phi) is 5.40. The molecule has 4 nitrogen and oxygen atoms in total. The van der Waals surface area contributed by atoms with Gasteiger partial charge in [-0.1, -0.05) is 20.8 Å². The highest BCUT2D eigenvalue weighted by atomic mass is 16.2. The van der Waals surface area contributed by atoms with Crippen LogP contribution in [-0.4, -0.2) is 43.0 Å². The number of rotatable bonds is 5. The molecule has 1 saturated heterocycles. The van der Waals surface area contributed by atoms with Gasteiger partial charge in [0.25, 0.3) is 0 Å². The van der Waals surface area contributed by atoms with E-state index in [1.165, 1.54) is 0 Å². The molecule has 0 aromatic heterocycles. The minimum absolute atomic E-state index is 0.141. The van der Waals surface area contributed by atoms with Crippen LogP contribution < -0.4 is 11.1 Å². The molecule has 3 N–H and O–H groups in total. The van der Waals surface area contributed by atoms with E-state index in [-0.39, 0.29) is 11.3 Å². The van der Waals surface area contributed by atoms with Gasteiger partial charge in [0.15, 0.2) is 0 Å². The molecule has 1 heterocycles. The molecule has 17 heavy (non-hydrogen) atoms. The van der Waals surface area contributed by atoms with Gasteiger partial charge in [-0.2, -0.15) is 0 Å². The lowest BCUT2D eigenvalue weighted by molar-refractivity contribution is -0.122. The molecule has 0 unspecified atom stereocenters. The molecule has 1 amide bonds. The number of piperidine rings is 1. The summed E-state index contributed by atoms with van der Waals surface area (Å²) in [5.41, 5.74) is 6.03. The predicted molar refractivity (Wildman–Crippen MR) is 70.7 cm³/mol. The maximum absolute atomic E-state index is 11.8. The molecule has 0 aromatic rings. The van der Waals surface area contributed by atoms with Crippen molar-refractivity contribution < 1.29 is 4.79 Å². The van der Waals surface area contributed by atoms with Crippen LogP contribution >= 0.6 is 0 Å². The fourth-order valence-corrected chi connectivity index (χ4v) is 1.83. The van der Waals surface area contributed by atoms with E-state index >= 15 is 0 Å². The zero-order valence-electron chi connectivity index (χ0n) is 11.5. The molecular weight excluding hydrogens is 214 g/mol. The van der Waals surface area contributed by atoms with Crippen LogP contribution in [-0.2, 0) is 4.79 Å². The summed E-state index contributed by atoms with van der Waals surface area (Å²) in [6.45, 7) is 9.68. The van der Waals surface area contributed by atoms with E-state index in [4.69, 9.17) is 5.73 Å². The molecule has 0 radical (unpaired) electrons. The first-order valence-electron chi connectivity index (χ1n) is 6.67. The van der Waals surface area contributed by atoms with Crippen molar-refractivity contribution in [1.82, 2.24) is 10.2 Å². The monoisotopic (exact) mass is 241 g/mol. The Morgan fingerprint density at radius 1 is 1.41 bits per heavy atom. The number of hydrogen-bond acceptors (Lipinski definition) is 3. The average Bonchev–Trinajstić information content (AvgIpc) is 2.30. The minimum atomic E-state index is 0.141. The summed E-state index contributed by atoms with van der Waals surface area (Å²) in [6.07, 6.45) is 3.09. The normalized spacial score (nSPS) is 19.3. The lowest BCUT2D eigenvalue weighted by Gasteiger charge is -2.30. The number of carbonyl (C=O) groups excluding carboxylic acids is 1. The second-order valence-electron chi connectivity index (χ2n) is 5.91. The number of nitrogens with two attached hydrogens (primary N) is 1. The third kappa shape index (κ3) is 5.50. The van der Waals surface area contributed by atoms with Gasteiger partial charge in [-0.05, 0) is 24.7 Å². The van der Waals surface area contributed by atoms with Crippen molar-refractivity contribution in [3.8, 4) is 0 Å². The molecule has 0 bridgehead atoms. The third-order valence-electron chi connectivity index (χ3n) is 3.72. The van der Waals surface area contributed by atoms with Crippen LogP contribution in [0.15, 0.2) is 0 Å². The average molecular weight is 241 g/mol. The first-order valence-corrected chi connectivity index (χ1v) is 6.67. The van der Waals surface area contributed by atoms with Gasteiger partial charge < -0.3 is 11.1 Å². The molecule has 100 valence electrons. The molecule has 1 aliphatic heterocycles. The quantitative estimate of drug-likeness (QED) is 0.754. The van der Waals surface area contributed by atoms with Crippen molar-refractivity contribution in [1.29, 1.82) is 0 Å². The van der Waals surface area contributed by atoms with Crippen LogP contribution in [0.1, 0.15) is 40.0 Å². The zero-order valence-corrected chi connectivity index (χ0v) is 11.5. The Bertz CT molecular complexity index is 245. The Morgan fingerprint density at radius 2 is 2.00 bits per heavy atom. The van der Waals surface area contributed by atoms with Crippen molar-refractivity contribution in [3.63, 3.8) is 0 Å². The van der Waals surface area contributed by atoms with Crippen LogP contribution in [0.3, 0.4) is 0 Å². The van der Waals surface area contributed by atoms with Crippen LogP contribution in [0, 0.1) is 5.41 Å². The van der Waals surface area contributed by atoms with E-state index in [2.05, 4.69) is 31.0 Å². The van der Waals surface area contributed by atoms with Gasteiger partial charge in [-0.3, -0.25) is 9.69 Å². The second kappa shape index (κ2) is 6.36. The van der Waals surface area contributed by atoms with Crippen molar-refractivity contribution in [2.24, 2.45) is 11.1 Å². The van der Waals surface area contributed by atoms with E-state index in [1.807, 2.05) is 0 Å². The van der Waals surface area contributed by atoms with Crippen molar-refractivity contribution in [3.05, 3.63) is 0 Å². The Balaban J connectivity index is 2.21. The number of likely N-dealkylation sites (tertiary alicyclic amines) is 1. The molecule has 0 atom stereocenters. The molecule has 0 spiro atoms. The number of nitrogens with one attached hydrogen (secondary N) is 1. The largest absolute Gasteiger partial charge is 0.354 e. The smallest absolute Gasteiger partial charge is 0.234 e. The van der Waals surface area contributed by atoms with Gasteiger partial charge in [0, 0.05) is 25.7 Å². The van der Waals surface area contributed by atoms with Crippen LogP contribution in [0.2, 0.25) is 0 Å². The SMILES string of the molecule is CCC(C)(C)CNC(=O)CN1CCC(N)CC1. The number of nitrogens with zero attached hydrogens (tertiary/aromatic N) is 1. The Hall–Kier alpha value is -0.610. The molecule has 0 aromatic carbocycles. The first-order chi connectivity index (χ1) is 7.93. The molecule has 1 aliphatic rings. The molecule has 0 aliphatic carbocycles. The summed E-state index contributed by atoms with van der Waals surface area (Å²) >= 11 is 0. The highest BCUT2D eigenvalue weighted by Crippen LogP contribution is 2.17. The summed E-state index contributed by atoms with van der Waals surface area (Å²) in [7, 11) is 0. The summed E-state index contributed by atoms with van der Waals surface area (Å²) in [4.78, 5) is 14.0. The molecular formula is C13H27N3O. The van der Waals surface area contributed by atoms with Gasteiger partial charge in [0.05, 0.1) is 6.54 Å². The summed E-state index contributed by atoms with van der Waals surface area (Å²) in [5, 5.41) is 3.02.